The number of anilines is 2. The van der Waals surface area contributed by atoms with Gasteiger partial charge in [0, 0.05) is 23.0 Å². The summed E-state index contributed by atoms with van der Waals surface area (Å²) in [6.45, 7) is 2.51. The lowest BCUT2D eigenvalue weighted by Crippen LogP contribution is -2.27. The van der Waals surface area contributed by atoms with Crippen LogP contribution >= 0.6 is 0 Å². The Bertz CT molecular complexity index is 1070. The average Bonchev–Trinajstić information content (AvgIpc) is 2.78. The summed E-state index contributed by atoms with van der Waals surface area (Å²) in [5, 5.41) is 6.20. The van der Waals surface area contributed by atoms with E-state index in [9.17, 15) is 9.59 Å². The molecule has 1 aliphatic heterocycles. The first kappa shape index (κ1) is 19.5. The Balaban J connectivity index is 1.59. The Morgan fingerprint density at radius 3 is 2.37 bits per heavy atom. The first-order valence-corrected chi connectivity index (χ1v) is 9.73. The largest absolute Gasteiger partial charge is 0.486 e. The molecule has 6 heteroatoms. The molecule has 0 aromatic heterocycles. The highest BCUT2D eigenvalue weighted by Crippen LogP contribution is 2.34. The van der Waals surface area contributed by atoms with E-state index in [2.05, 4.69) is 10.6 Å². The van der Waals surface area contributed by atoms with Crippen LogP contribution in [0.4, 0.5) is 11.4 Å². The molecule has 6 nitrogen and oxygen atoms in total. The molecule has 0 spiro atoms. The van der Waals surface area contributed by atoms with Crippen LogP contribution in [-0.2, 0) is 4.79 Å². The molecule has 4 rings (SSSR count). The van der Waals surface area contributed by atoms with Crippen LogP contribution < -0.4 is 20.1 Å². The van der Waals surface area contributed by atoms with Gasteiger partial charge in [-0.25, -0.2) is 0 Å². The van der Waals surface area contributed by atoms with Gasteiger partial charge in [-0.1, -0.05) is 42.5 Å². The van der Waals surface area contributed by atoms with E-state index < -0.39 is 6.04 Å². The number of amides is 1. The van der Waals surface area contributed by atoms with Gasteiger partial charge < -0.3 is 20.1 Å². The summed E-state index contributed by atoms with van der Waals surface area (Å²) in [5.74, 6) is 1.04. The van der Waals surface area contributed by atoms with E-state index in [1.807, 2.05) is 48.5 Å². The quantitative estimate of drug-likeness (QED) is 0.596. The van der Waals surface area contributed by atoms with E-state index in [-0.39, 0.29) is 11.7 Å². The minimum Gasteiger partial charge on any atom is -0.486 e. The summed E-state index contributed by atoms with van der Waals surface area (Å²) in [4.78, 5) is 24.8. The molecule has 1 aliphatic rings. The van der Waals surface area contributed by atoms with Crippen LogP contribution in [0.15, 0.2) is 72.8 Å². The maximum atomic E-state index is 13.2. The van der Waals surface area contributed by atoms with E-state index >= 15 is 0 Å². The third-order valence-corrected chi connectivity index (χ3v) is 4.78. The highest BCUT2D eigenvalue weighted by molar-refractivity contribution is 5.99. The Morgan fingerprint density at radius 2 is 1.60 bits per heavy atom. The molecule has 0 aliphatic carbocycles. The van der Waals surface area contributed by atoms with E-state index in [0.717, 1.165) is 11.3 Å². The number of rotatable bonds is 6. The van der Waals surface area contributed by atoms with Crippen molar-refractivity contribution in [2.45, 2.75) is 13.0 Å². The molecule has 30 heavy (non-hydrogen) atoms. The molecule has 1 unspecified atom stereocenters. The summed E-state index contributed by atoms with van der Waals surface area (Å²) in [5.41, 5.74) is 2.66. The number of hydrogen-bond acceptors (Lipinski definition) is 5. The van der Waals surface area contributed by atoms with E-state index in [0.29, 0.717) is 36.0 Å². The molecule has 0 radical (unpaired) electrons. The molecule has 3 aromatic carbocycles. The van der Waals surface area contributed by atoms with Crippen molar-refractivity contribution in [1.82, 2.24) is 0 Å². The van der Waals surface area contributed by atoms with Gasteiger partial charge in [-0.15, -0.1) is 0 Å². The van der Waals surface area contributed by atoms with Gasteiger partial charge in [-0.05, 0) is 36.8 Å². The van der Waals surface area contributed by atoms with E-state index in [1.54, 1.807) is 24.3 Å². The number of Topliss-reactive ketones (excluding diaryl/α,β-unsaturated/α-hetero) is 1. The van der Waals surface area contributed by atoms with Gasteiger partial charge in [0.05, 0.1) is 0 Å². The van der Waals surface area contributed by atoms with Crippen molar-refractivity contribution in [3.8, 4) is 11.5 Å². The highest BCUT2D eigenvalue weighted by atomic mass is 16.6. The smallest absolute Gasteiger partial charge is 0.251 e. The molecule has 0 saturated carbocycles. The van der Waals surface area contributed by atoms with Crippen LogP contribution in [0.3, 0.4) is 0 Å². The molecule has 2 N–H and O–H groups in total. The summed E-state index contributed by atoms with van der Waals surface area (Å²) < 4.78 is 11.2. The summed E-state index contributed by atoms with van der Waals surface area (Å²) in [7, 11) is 0. The Kier molecular flexibility index (Phi) is 5.66. The molecule has 1 amide bonds. The maximum Gasteiger partial charge on any atom is 0.251 e. The molecular weight excluding hydrogens is 380 g/mol. The second-order valence-electron chi connectivity index (χ2n) is 6.97. The second-order valence-corrected chi connectivity index (χ2v) is 6.97. The van der Waals surface area contributed by atoms with Crippen LogP contribution in [0.5, 0.6) is 11.5 Å². The molecule has 3 aromatic rings. The van der Waals surface area contributed by atoms with Crippen LogP contribution in [0, 0.1) is 0 Å². The van der Waals surface area contributed by atoms with Crippen LogP contribution in [0.1, 0.15) is 28.9 Å². The lowest BCUT2D eigenvalue weighted by Gasteiger charge is -2.23. The van der Waals surface area contributed by atoms with Crippen molar-refractivity contribution in [3.05, 3.63) is 83.9 Å². The molecule has 0 fully saturated rings. The first-order chi connectivity index (χ1) is 14.6. The zero-order valence-electron chi connectivity index (χ0n) is 16.6. The minimum atomic E-state index is -0.644. The lowest BCUT2D eigenvalue weighted by atomic mass is 10.0. The summed E-state index contributed by atoms with van der Waals surface area (Å²) >= 11 is 0. The van der Waals surface area contributed by atoms with Gasteiger partial charge in [0.1, 0.15) is 19.3 Å². The van der Waals surface area contributed by atoms with Crippen molar-refractivity contribution >= 4 is 23.1 Å². The van der Waals surface area contributed by atoms with Gasteiger partial charge >= 0.3 is 0 Å². The number of benzene rings is 3. The van der Waals surface area contributed by atoms with Gasteiger partial charge in [0.25, 0.3) is 5.91 Å². The van der Waals surface area contributed by atoms with Crippen molar-refractivity contribution < 1.29 is 19.1 Å². The van der Waals surface area contributed by atoms with E-state index in [4.69, 9.17) is 9.47 Å². The Morgan fingerprint density at radius 1 is 0.833 bits per heavy atom. The van der Waals surface area contributed by atoms with Crippen molar-refractivity contribution in [1.29, 1.82) is 0 Å². The van der Waals surface area contributed by atoms with E-state index in [1.165, 1.54) is 6.92 Å². The molecular formula is C24H22N2O4. The minimum absolute atomic E-state index is 0.0555. The van der Waals surface area contributed by atoms with Crippen LogP contribution in [0.2, 0.25) is 0 Å². The predicted molar refractivity (Wildman–Crippen MR) is 115 cm³/mol. The monoisotopic (exact) mass is 402 g/mol. The molecule has 152 valence electrons. The molecule has 0 saturated heterocycles. The number of carbonyl (C=O) groups is 2. The van der Waals surface area contributed by atoms with Crippen molar-refractivity contribution in [2.75, 3.05) is 23.8 Å². The fourth-order valence-electron chi connectivity index (χ4n) is 3.28. The molecule has 1 heterocycles. The number of ketones is 1. The second kappa shape index (κ2) is 8.69. The topological polar surface area (TPSA) is 76.7 Å². The normalized spacial score (nSPS) is 13.2. The third-order valence-electron chi connectivity index (χ3n) is 4.78. The number of fused-ring (bicyclic) bond motifs is 1. The van der Waals surface area contributed by atoms with Gasteiger partial charge in [0.2, 0.25) is 0 Å². The van der Waals surface area contributed by atoms with Crippen molar-refractivity contribution in [2.24, 2.45) is 0 Å². The predicted octanol–water partition coefficient (Wildman–Crippen LogP) is 4.45. The first-order valence-electron chi connectivity index (χ1n) is 9.73. The van der Waals surface area contributed by atoms with Gasteiger partial charge in [0.15, 0.2) is 17.3 Å². The number of hydrogen-bond donors (Lipinski definition) is 2. The molecule has 0 bridgehead atoms. The van der Waals surface area contributed by atoms with Gasteiger partial charge in [-0.3, -0.25) is 9.59 Å². The highest BCUT2D eigenvalue weighted by Gasteiger charge is 2.22. The maximum absolute atomic E-state index is 13.2. The number of ether oxygens (including phenoxy) is 2. The SMILES string of the molecule is CC(=O)c1cccc(NC(=O)C(Nc2ccc3c(c2)OCCO3)c2ccccc2)c1. The fraction of sp³-hybridized carbons (Fsp3) is 0.167. The summed E-state index contributed by atoms with van der Waals surface area (Å²) in [6, 6.07) is 21.2. The van der Waals surface area contributed by atoms with Crippen LogP contribution in [-0.4, -0.2) is 24.9 Å². The lowest BCUT2D eigenvalue weighted by molar-refractivity contribution is -0.117. The number of carbonyl (C=O) groups excluding carboxylic acids is 2. The fourth-order valence-corrected chi connectivity index (χ4v) is 3.28. The number of nitrogens with one attached hydrogen (secondary N) is 2. The molecule has 1 atom stereocenters. The summed E-state index contributed by atoms with van der Waals surface area (Å²) in [6.07, 6.45) is 0. The zero-order valence-corrected chi connectivity index (χ0v) is 16.6. The Labute approximate surface area is 174 Å². The third kappa shape index (κ3) is 4.43. The van der Waals surface area contributed by atoms with Crippen LogP contribution in [0.25, 0.3) is 0 Å². The standard InChI is InChI=1S/C24H22N2O4/c1-16(27)18-8-5-9-19(14-18)26-24(28)23(17-6-3-2-4-7-17)25-20-10-11-21-22(15-20)30-13-12-29-21/h2-11,14-15,23,25H,12-13H2,1H3,(H,26,28). The van der Waals surface area contributed by atoms with Crippen molar-refractivity contribution in [3.63, 3.8) is 0 Å². The average molecular weight is 402 g/mol. The zero-order chi connectivity index (χ0) is 20.9. The van der Waals surface area contributed by atoms with Gasteiger partial charge in [-0.2, -0.15) is 0 Å². The Hall–Kier alpha value is -3.80.